The number of ketones is 2. The summed E-state index contributed by atoms with van der Waals surface area (Å²) >= 11 is 6.34. The number of alkyl halides is 9. The van der Waals surface area contributed by atoms with Crippen molar-refractivity contribution >= 4 is 52.6 Å². The van der Waals surface area contributed by atoms with Crippen molar-refractivity contribution < 1.29 is 58.6 Å². The van der Waals surface area contributed by atoms with Crippen LogP contribution in [0.15, 0.2) is 42.9 Å². The molecule has 1 saturated heterocycles. The fraction of sp³-hybridized carbons (Fsp3) is 0.379. The molecule has 4 heterocycles. The summed E-state index contributed by atoms with van der Waals surface area (Å²) in [6.07, 6.45) is -7.96. The Labute approximate surface area is 276 Å². The van der Waals surface area contributed by atoms with Crippen LogP contribution in [0.25, 0.3) is 0 Å². The molecule has 2 aliphatic heterocycles. The number of carbonyl (C=O) groups excluding carboxylic acids is 3. The van der Waals surface area contributed by atoms with Gasteiger partial charge in [0.2, 0.25) is 12.2 Å². The van der Waals surface area contributed by atoms with Crippen LogP contribution in [0.5, 0.6) is 5.75 Å². The van der Waals surface area contributed by atoms with Gasteiger partial charge in [0.05, 0.1) is 24.7 Å². The monoisotopic (exact) mass is 728 g/mol. The van der Waals surface area contributed by atoms with E-state index in [-0.39, 0.29) is 0 Å². The van der Waals surface area contributed by atoms with Gasteiger partial charge in [-0.1, -0.05) is 11.6 Å². The quantitative estimate of drug-likeness (QED) is 0.156. The maximum atomic E-state index is 11.2. The van der Waals surface area contributed by atoms with Crippen molar-refractivity contribution in [3.63, 3.8) is 0 Å². The molecule has 6 bridgehead atoms. The molecule has 0 amide bonds. The van der Waals surface area contributed by atoms with Crippen LogP contribution in [0.1, 0.15) is 24.0 Å². The minimum absolute atomic E-state index is 0.458. The predicted octanol–water partition coefficient (Wildman–Crippen LogP) is 6.49. The average Bonchev–Trinajstić information content (AvgIpc) is 3.04. The van der Waals surface area contributed by atoms with E-state index in [0.717, 1.165) is 73.6 Å². The number of anilines is 4. The van der Waals surface area contributed by atoms with Crippen molar-refractivity contribution in [2.75, 3.05) is 30.3 Å². The Kier molecular flexibility index (Phi) is 13.3. The number of aromatic nitrogens is 3. The SMILES string of the molecule is Clc1cnc2nc1Nc1ccc(OCC3CCNCC3)c(c1)CCc1cncc(c1)N2.O=C(C(=O)C(F)(F)F)C(F)(F)F.O=CC(F)(F)F. The number of hydrogen-bond donors (Lipinski definition) is 3. The van der Waals surface area contributed by atoms with E-state index in [1.165, 1.54) is 0 Å². The van der Waals surface area contributed by atoms with Crippen molar-refractivity contribution in [3.8, 4) is 5.75 Å². The molecule has 2 aromatic heterocycles. The summed E-state index contributed by atoms with van der Waals surface area (Å²) in [7, 11) is 0. The number of pyridine rings is 1. The van der Waals surface area contributed by atoms with Crippen LogP contribution >= 0.6 is 11.6 Å². The number of ether oxygens (including phenoxy) is 1. The molecule has 0 saturated carbocycles. The zero-order chi connectivity index (χ0) is 36.4. The molecule has 0 unspecified atom stereocenters. The minimum Gasteiger partial charge on any atom is -0.493 e. The summed E-state index contributed by atoms with van der Waals surface area (Å²) < 4.78 is 105. The molecule has 0 atom stereocenters. The third-order valence-electron chi connectivity index (χ3n) is 6.59. The number of benzene rings is 1. The molecule has 0 aliphatic carbocycles. The first-order chi connectivity index (χ1) is 22.9. The van der Waals surface area contributed by atoms with Gasteiger partial charge in [-0.2, -0.15) is 44.5 Å². The molecule has 266 valence electrons. The Morgan fingerprint density at radius 2 is 1.51 bits per heavy atom. The number of carbonyl (C=O) groups is 3. The van der Waals surface area contributed by atoms with E-state index in [2.05, 4.69) is 43.0 Å². The molecule has 5 rings (SSSR count). The van der Waals surface area contributed by atoms with E-state index in [1.807, 2.05) is 18.3 Å². The van der Waals surface area contributed by atoms with E-state index in [9.17, 15) is 49.1 Å². The van der Waals surface area contributed by atoms with Crippen molar-refractivity contribution in [1.29, 1.82) is 0 Å². The highest BCUT2D eigenvalue weighted by Gasteiger charge is 2.54. The molecule has 49 heavy (non-hydrogen) atoms. The van der Waals surface area contributed by atoms with Crippen LogP contribution in [-0.4, -0.2) is 71.0 Å². The Hall–Kier alpha value is -4.52. The van der Waals surface area contributed by atoms with E-state index in [1.54, 1.807) is 12.4 Å². The first-order valence-corrected chi connectivity index (χ1v) is 14.5. The Balaban J connectivity index is 0.000000301. The van der Waals surface area contributed by atoms with Gasteiger partial charge in [0, 0.05) is 11.9 Å². The summed E-state index contributed by atoms with van der Waals surface area (Å²) in [5.41, 5.74) is 4.06. The predicted molar refractivity (Wildman–Crippen MR) is 157 cm³/mol. The summed E-state index contributed by atoms with van der Waals surface area (Å²) in [4.78, 5) is 41.1. The second-order valence-corrected chi connectivity index (χ2v) is 10.8. The normalized spacial score (nSPS) is 14.7. The van der Waals surface area contributed by atoms with Gasteiger partial charge in [-0.25, -0.2) is 4.98 Å². The lowest BCUT2D eigenvalue weighted by molar-refractivity contribution is -0.193. The molecule has 3 N–H and O–H groups in total. The van der Waals surface area contributed by atoms with Gasteiger partial charge in [-0.3, -0.25) is 19.4 Å². The number of nitrogens with one attached hydrogen (secondary N) is 3. The van der Waals surface area contributed by atoms with E-state index < -0.39 is 36.4 Å². The second kappa shape index (κ2) is 16.7. The van der Waals surface area contributed by atoms with Gasteiger partial charge in [0.25, 0.3) is 0 Å². The topological polar surface area (TPSA) is 135 Å². The molecular weight excluding hydrogens is 703 g/mol. The van der Waals surface area contributed by atoms with Crippen LogP contribution in [0, 0.1) is 5.92 Å². The lowest BCUT2D eigenvalue weighted by Crippen LogP contribution is -2.39. The molecule has 2 aliphatic rings. The van der Waals surface area contributed by atoms with E-state index in [4.69, 9.17) is 21.1 Å². The first-order valence-electron chi connectivity index (χ1n) is 14.1. The van der Waals surface area contributed by atoms with Gasteiger partial charge in [-0.15, -0.1) is 0 Å². The summed E-state index contributed by atoms with van der Waals surface area (Å²) in [5, 5.41) is 10.4. The standard InChI is InChI=1S/C23H25ClN6O.C4F6O2.C2HF3O/c24-20-13-27-23-29-19-9-16(11-26-12-19)1-2-17-10-18(28-22(20)30-23)3-4-21(17)31-14-15-5-7-25-8-6-15;5-3(6,7)1(11)2(12)4(8,9)10;3-2(4,5)1-6/h3-4,9-13,15,25H,1-2,5-8,14H2,(H2,27,28,29,30);;1H. The highest BCUT2D eigenvalue weighted by molar-refractivity contribution is 6.41. The lowest BCUT2D eigenvalue weighted by Gasteiger charge is -2.23. The Morgan fingerprint density at radius 1 is 0.878 bits per heavy atom. The highest BCUT2D eigenvalue weighted by atomic mass is 35.5. The number of Topliss-reactive ketones (excluding diaryl/α,β-unsaturated/α-hetero) is 2. The molecule has 0 spiro atoms. The maximum absolute atomic E-state index is 11.2. The third-order valence-corrected chi connectivity index (χ3v) is 6.87. The largest absolute Gasteiger partial charge is 0.493 e. The fourth-order valence-corrected chi connectivity index (χ4v) is 4.40. The number of fused-ring (bicyclic) bond motifs is 6. The van der Waals surface area contributed by atoms with Gasteiger partial charge in [-0.05, 0) is 80.1 Å². The number of rotatable bonds is 4. The number of aldehydes is 1. The number of piperidine rings is 1. The molecular formula is C29H26ClF9N6O4. The van der Waals surface area contributed by atoms with Crippen LogP contribution < -0.4 is 20.7 Å². The highest BCUT2D eigenvalue weighted by Crippen LogP contribution is 2.31. The molecule has 10 nitrogen and oxygen atoms in total. The average molecular weight is 729 g/mol. The molecule has 3 aromatic rings. The number of aryl methyl sites for hydroxylation is 2. The lowest BCUT2D eigenvalue weighted by atomic mass is 9.99. The van der Waals surface area contributed by atoms with E-state index >= 15 is 0 Å². The van der Waals surface area contributed by atoms with Gasteiger partial charge >= 0.3 is 30.1 Å². The molecule has 1 fully saturated rings. The van der Waals surface area contributed by atoms with Crippen LogP contribution in [0.4, 0.5) is 62.7 Å². The zero-order valence-electron chi connectivity index (χ0n) is 24.9. The summed E-state index contributed by atoms with van der Waals surface area (Å²) in [6, 6.07) is 8.25. The zero-order valence-corrected chi connectivity index (χ0v) is 25.7. The Bertz CT molecular complexity index is 1590. The van der Waals surface area contributed by atoms with Gasteiger partial charge in [0.15, 0.2) is 5.82 Å². The molecule has 1 aromatic carbocycles. The molecule has 0 radical (unpaired) electrons. The van der Waals surface area contributed by atoms with Crippen LogP contribution in [0.3, 0.4) is 0 Å². The summed E-state index contributed by atoms with van der Waals surface area (Å²) in [6.45, 7) is 2.90. The third kappa shape index (κ3) is 12.8. The van der Waals surface area contributed by atoms with Crippen molar-refractivity contribution in [2.45, 2.75) is 44.2 Å². The van der Waals surface area contributed by atoms with Gasteiger partial charge < -0.3 is 20.7 Å². The maximum Gasteiger partial charge on any atom is 0.458 e. The number of halogens is 10. The smallest absolute Gasteiger partial charge is 0.458 e. The van der Waals surface area contributed by atoms with E-state index in [0.29, 0.717) is 22.7 Å². The minimum atomic E-state index is -5.77. The van der Waals surface area contributed by atoms with Crippen LogP contribution in [0.2, 0.25) is 5.02 Å². The van der Waals surface area contributed by atoms with Crippen LogP contribution in [-0.2, 0) is 27.2 Å². The Morgan fingerprint density at radius 3 is 2.10 bits per heavy atom. The van der Waals surface area contributed by atoms with Gasteiger partial charge in [0.1, 0.15) is 10.8 Å². The van der Waals surface area contributed by atoms with Crippen molar-refractivity contribution in [1.82, 2.24) is 20.3 Å². The van der Waals surface area contributed by atoms with Crippen molar-refractivity contribution in [3.05, 3.63) is 59.0 Å². The summed E-state index contributed by atoms with van der Waals surface area (Å²) in [5.74, 6) is -4.25. The first kappa shape index (κ1) is 38.9. The second-order valence-electron chi connectivity index (χ2n) is 10.4. The number of nitrogens with zero attached hydrogens (tertiary/aromatic N) is 3. The number of hydrogen-bond acceptors (Lipinski definition) is 10. The molecule has 20 heteroatoms. The van der Waals surface area contributed by atoms with Crippen molar-refractivity contribution in [2.24, 2.45) is 5.92 Å². The fourth-order valence-electron chi connectivity index (χ4n) is 4.26.